The minimum Gasteiger partial charge on any atom is -0.493 e. The Bertz CT molecular complexity index is 782. The highest BCUT2D eigenvalue weighted by Gasteiger charge is 2.16. The van der Waals surface area contributed by atoms with Crippen molar-refractivity contribution in [2.24, 2.45) is 0 Å². The lowest BCUT2D eigenvalue weighted by atomic mass is 10.1. The van der Waals surface area contributed by atoms with Crippen LogP contribution in [-0.4, -0.2) is 30.8 Å². The zero-order valence-corrected chi connectivity index (χ0v) is 14.8. The molecule has 134 valence electrons. The summed E-state index contributed by atoms with van der Waals surface area (Å²) in [6, 6.07) is 8.01. The van der Waals surface area contributed by atoms with Gasteiger partial charge in [-0.15, -0.1) is 0 Å². The summed E-state index contributed by atoms with van der Waals surface area (Å²) < 4.78 is 10.4. The smallest absolute Gasteiger partial charge is 0.273 e. The first-order chi connectivity index (χ1) is 11.9. The van der Waals surface area contributed by atoms with Gasteiger partial charge in [-0.3, -0.25) is 10.1 Å². The van der Waals surface area contributed by atoms with Crippen LogP contribution < -0.4 is 14.8 Å². The molecular formula is C17H19ClN2O5. The van der Waals surface area contributed by atoms with Gasteiger partial charge < -0.3 is 19.9 Å². The molecule has 0 aliphatic rings. The third kappa shape index (κ3) is 4.32. The van der Waals surface area contributed by atoms with Gasteiger partial charge in [0.05, 0.1) is 36.0 Å². The van der Waals surface area contributed by atoms with Crippen molar-refractivity contribution in [2.75, 3.05) is 26.1 Å². The van der Waals surface area contributed by atoms with Crippen molar-refractivity contribution in [1.82, 2.24) is 0 Å². The standard InChI is InChI=1S/C17H19ClN2O5/c1-10-6-13(12(18)8-14(10)20(22)23)19-9-15(21)11-4-5-16(24-2)17(7-11)25-3/h4-8,15,19,21H,9H2,1-3H3. The Balaban J connectivity index is 2.13. The molecule has 0 saturated carbocycles. The van der Waals surface area contributed by atoms with E-state index in [-0.39, 0.29) is 17.3 Å². The summed E-state index contributed by atoms with van der Waals surface area (Å²) in [6.45, 7) is 1.80. The van der Waals surface area contributed by atoms with Crippen LogP contribution in [0.5, 0.6) is 11.5 Å². The molecule has 2 aromatic carbocycles. The van der Waals surface area contributed by atoms with Crippen LogP contribution in [0.25, 0.3) is 0 Å². The van der Waals surface area contributed by atoms with Crippen molar-refractivity contribution in [3.63, 3.8) is 0 Å². The number of ether oxygens (including phenoxy) is 2. The fraction of sp³-hybridized carbons (Fsp3) is 0.294. The molecule has 2 rings (SSSR count). The average molecular weight is 367 g/mol. The van der Waals surface area contributed by atoms with E-state index in [9.17, 15) is 15.2 Å². The molecule has 25 heavy (non-hydrogen) atoms. The molecule has 2 aromatic rings. The van der Waals surface area contributed by atoms with Gasteiger partial charge in [0.1, 0.15) is 0 Å². The zero-order valence-electron chi connectivity index (χ0n) is 14.1. The number of hydrogen-bond donors (Lipinski definition) is 2. The number of nitro groups is 1. The molecule has 0 spiro atoms. The van der Waals surface area contributed by atoms with Gasteiger partial charge >= 0.3 is 0 Å². The lowest BCUT2D eigenvalue weighted by Crippen LogP contribution is -2.13. The van der Waals surface area contributed by atoms with Gasteiger partial charge in [-0.05, 0) is 30.7 Å². The maximum Gasteiger partial charge on any atom is 0.273 e. The van der Waals surface area contributed by atoms with Crippen LogP contribution in [0.1, 0.15) is 17.2 Å². The molecule has 0 aliphatic carbocycles. The van der Waals surface area contributed by atoms with Gasteiger partial charge in [-0.25, -0.2) is 0 Å². The summed E-state index contributed by atoms with van der Waals surface area (Å²) in [7, 11) is 3.06. The number of halogens is 1. The Kier molecular flexibility index (Phi) is 6.06. The maximum absolute atomic E-state index is 10.9. The first kappa shape index (κ1) is 18.8. The maximum atomic E-state index is 10.9. The average Bonchev–Trinajstić information content (AvgIpc) is 2.60. The van der Waals surface area contributed by atoms with E-state index in [4.69, 9.17) is 21.1 Å². The van der Waals surface area contributed by atoms with Gasteiger partial charge in [0.25, 0.3) is 5.69 Å². The Morgan fingerprint density at radius 2 is 1.92 bits per heavy atom. The molecule has 0 saturated heterocycles. The first-order valence-corrected chi connectivity index (χ1v) is 7.83. The Morgan fingerprint density at radius 1 is 1.24 bits per heavy atom. The molecule has 0 amide bonds. The lowest BCUT2D eigenvalue weighted by Gasteiger charge is -2.16. The number of benzene rings is 2. The Labute approximate surface area is 150 Å². The van der Waals surface area contributed by atoms with Crippen molar-refractivity contribution in [3.05, 3.63) is 56.6 Å². The highest BCUT2D eigenvalue weighted by Crippen LogP contribution is 2.32. The van der Waals surface area contributed by atoms with E-state index >= 15 is 0 Å². The number of nitro benzene ring substituents is 1. The van der Waals surface area contributed by atoms with Gasteiger partial charge in [0.2, 0.25) is 0 Å². The second-order valence-electron chi connectivity index (χ2n) is 5.39. The van der Waals surface area contributed by atoms with E-state index in [0.29, 0.717) is 28.3 Å². The predicted octanol–water partition coefficient (Wildman–Crippen LogP) is 3.72. The van der Waals surface area contributed by atoms with Crippen molar-refractivity contribution in [3.8, 4) is 11.5 Å². The molecule has 0 aliphatic heterocycles. The number of nitrogens with one attached hydrogen (secondary N) is 1. The summed E-state index contributed by atoms with van der Waals surface area (Å²) in [6.07, 6.45) is -0.827. The van der Waals surface area contributed by atoms with Crippen molar-refractivity contribution < 1.29 is 19.5 Å². The molecule has 0 heterocycles. The van der Waals surface area contributed by atoms with E-state index in [2.05, 4.69) is 5.32 Å². The predicted molar refractivity (Wildman–Crippen MR) is 95.8 cm³/mol. The minimum atomic E-state index is -0.827. The molecule has 0 radical (unpaired) electrons. The Hall–Kier alpha value is -2.51. The zero-order chi connectivity index (χ0) is 18.6. The molecular weight excluding hydrogens is 348 g/mol. The van der Waals surface area contributed by atoms with Crippen LogP contribution in [-0.2, 0) is 0 Å². The molecule has 1 atom stereocenters. The number of aliphatic hydroxyl groups excluding tert-OH is 1. The first-order valence-electron chi connectivity index (χ1n) is 7.45. The monoisotopic (exact) mass is 366 g/mol. The summed E-state index contributed by atoms with van der Waals surface area (Å²) in [5, 5.41) is 24.5. The van der Waals surface area contributed by atoms with E-state index in [1.165, 1.54) is 20.3 Å². The van der Waals surface area contributed by atoms with Crippen LogP contribution >= 0.6 is 11.6 Å². The number of methoxy groups -OCH3 is 2. The summed E-state index contributed by atoms with van der Waals surface area (Å²) in [5.41, 5.74) is 1.60. The number of nitrogens with zero attached hydrogens (tertiary/aromatic N) is 1. The molecule has 0 bridgehead atoms. The topological polar surface area (TPSA) is 93.9 Å². The minimum absolute atomic E-state index is 0.0454. The van der Waals surface area contributed by atoms with Crippen LogP contribution in [0, 0.1) is 17.0 Å². The van der Waals surface area contributed by atoms with E-state index in [1.54, 1.807) is 31.2 Å². The molecule has 0 aromatic heterocycles. The largest absolute Gasteiger partial charge is 0.493 e. The fourth-order valence-corrected chi connectivity index (χ4v) is 2.61. The number of anilines is 1. The molecule has 0 fully saturated rings. The second kappa shape index (κ2) is 8.04. The van der Waals surface area contributed by atoms with Crippen LogP contribution in [0.3, 0.4) is 0 Å². The van der Waals surface area contributed by atoms with Crippen LogP contribution in [0.2, 0.25) is 5.02 Å². The van der Waals surface area contributed by atoms with Gasteiger partial charge in [0, 0.05) is 18.2 Å². The van der Waals surface area contributed by atoms with Crippen LogP contribution in [0.15, 0.2) is 30.3 Å². The van der Waals surface area contributed by atoms with Gasteiger partial charge in [-0.1, -0.05) is 17.7 Å². The third-order valence-electron chi connectivity index (χ3n) is 3.76. The molecule has 8 heteroatoms. The fourth-order valence-electron chi connectivity index (χ4n) is 2.39. The van der Waals surface area contributed by atoms with Gasteiger partial charge in [0.15, 0.2) is 11.5 Å². The summed E-state index contributed by atoms with van der Waals surface area (Å²) in [5.74, 6) is 1.09. The van der Waals surface area contributed by atoms with Crippen LogP contribution in [0.4, 0.5) is 11.4 Å². The van der Waals surface area contributed by atoms with E-state index in [0.717, 1.165) is 0 Å². The number of hydrogen-bond acceptors (Lipinski definition) is 6. The van der Waals surface area contributed by atoms with Crippen molar-refractivity contribution in [1.29, 1.82) is 0 Å². The highest BCUT2D eigenvalue weighted by atomic mass is 35.5. The van der Waals surface area contributed by atoms with Gasteiger partial charge in [-0.2, -0.15) is 0 Å². The lowest BCUT2D eigenvalue weighted by molar-refractivity contribution is -0.385. The number of rotatable bonds is 7. The quantitative estimate of drug-likeness (QED) is 0.573. The van der Waals surface area contributed by atoms with Crippen molar-refractivity contribution >= 4 is 23.0 Å². The number of aliphatic hydroxyl groups is 1. The molecule has 2 N–H and O–H groups in total. The van der Waals surface area contributed by atoms with Crippen molar-refractivity contribution in [2.45, 2.75) is 13.0 Å². The SMILES string of the molecule is COc1ccc(C(O)CNc2cc(C)c([N+](=O)[O-])cc2Cl)cc1OC. The Morgan fingerprint density at radius 3 is 2.52 bits per heavy atom. The second-order valence-corrected chi connectivity index (χ2v) is 5.79. The molecule has 7 nitrogen and oxygen atoms in total. The van der Waals surface area contributed by atoms with E-state index in [1.807, 2.05) is 0 Å². The summed E-state index contributed by atoms with van der Waals surface area (Å²) >= 11 is 6.08. The normalized spacial score (nSPS) is 11.7. The number of aryl methyl sites for hydroxylation is 1. The molecule has 1 unspecified atom stereocenters. The third-order valence-corrected chi connectivity index (χ3v) is 4.07. The summed E-state index contributed by atoms with van der Waals surface area (Å²) in [4.78, 5) is 10.4. The van der Waals surface area contributed by atoms with E-state index < -0.39 is 11.0 Å². The highest BCUT2D eigenvalue weighted by molar-refractivity contribution is 6.33.